The van der Waals surface area contributed by atoms with Crippen LogP contribution in [0.3, 0.4) is 0 Å². The topological polar surface area (TPSA) is 68.0 Å². The third-order valence-corrected chi connectivity index (χ3v) is 5.24. The minimum Gasteiger partial charge on any atom is -0.328 e. The van der Waals surface area contributed by atoms with Gasteiger partial charge in [0.1, 0.15) is 0 Å². The van der Waals surface area contributed by atoms with Crippen molar-refractivity contribution in [3.63, 3.8) is 0 Å². The van der Waals surface area contributed by atoms with Crippen molar-refractivity contribution in [1.29, 1.82) is 0 Å². The summed E-state index contributed by atoms with van der Waals surface area (Å²) in [6.07, 6.45) is 3.76. The third-order valence-electron chi connectivity index (χ3n) is 4.48. The van der Waals surface area contributed by atoms with Crippen LogP contribution in [0.1, 0.15) is 36.8 Å². The van der Waals surface area contributed by atoms with Crippen molar-refractivity contribution in [2.75, 3.05) is 5.32 Å². The zero-order chi connectivity index (χ0) is 16.4. The summed E-state index contributed by atoms with van der Waals surface area (Å²) in [5.41, 5.74) is 10.4. The molecule has 1 amide bonds. The summed E-state index contributed by atoms with van der Waals surface area (Å²) in [7, 11) is 0. The number of carbonyl (C=O) groups is 1. The van der Waals surface area contributed by atoms with Crippen LogP contribution in [0.2, 0.25) is 0 Å². The molecule has 0 spiro atoms. The second-order valence-corrected chi connectivity index (χ2v) is 7.33. The Balaban J connectivity index is 1.70. The van der Waals surface area contributed by atoms with Crippen LogP contribution in [0.5, 0.6) is 0 Å². The summed E-state index contributed by atoms with van der Waals surface area (Å²) in [6.45, 7) is 4.17. The molecule has 1 aromatic heterocycles. The molecule has 1 aromatic carbocycles. The summed E-state index contributed by atoms with van der Waals surface area (Å²) in [5.74, 6) is 0.0777. The number of nitrogens with one attached hydrogen (secondary N) is 1. The fourth-order valence-corrected chi connectivity index (χ4v) is 3.94. The van der Waals surface area contributed by atoms with Gasteiger partial charge >= 0.3 is 0 Å². The van der Waals surface area contributed by atoms with E-state index in [4.69, 9.17) is 5.73 Å². The summed E-state index contributed by atoms with van der Waals surface area (Å²) < 4.78 is 0. The molecule has 0 saturated heterocycles. The number of nitrogens with two attached hydrogens (primary N) is 1. The molecule has 0 aliphatic heterocycles. The lowest BCUT2D eigenvalue weighted by Crippen LogP contribution is -2.34. The SMILES string of the molecule is Cc1ccc(-c2csc(NC(=O)C3CCCC(N)C3)n2)c(C)c1. The van der Waals surface area contributed by atoms with Gasteiger partial charge in [-0.2, -0.15) is 0 Å². The summed E-state index contributed by atoms with van der Waals surface area (Å²) in [4.78, 5) is 17.0. The Morgan fingerprint density at radius 1 is 1.35 bits per heavy atom. The molecule has 4 nitrogen and oxygen atoms in total. The molecule has 2 atom stereocenters. The Bertz CT molecular complexity index is 710. The summed E-state index contributed by atoms with van der Waals surface area (Å²) in [6, 6.07) is 6.48. The lowest BCUT2D eigenvalue weighted by atomic mass is 9.86. The fraction of sp³-hybridized carbons (Fsp3) is 0.444. The number of carbonyl (C=O) groups excluding carboxylic acids is 1. The average molecular weight is 329 g/mol. The van der Waals surface area contributed by atoms with Crippen molar-refractivity contribution in [3.8, 4) is 11.3 Å². The summed E-state index contributed by atoms with van der Waals surface area (Å²) in [5, 5.41) is 5.64. The van der Waals surface area contributed by atoms with E-state index in [2.05, 4.69) is 42.3 Å². The van der Waals surface area contributed by atoms with Crippen LogP contribution in [0.15, 0.2) is 23.6 Å². The molecular weight excluding hydrogens is 306 g/mol. The second kappa shape index (κ2) is 6.81. The van der Waals surface area contributed by atoms with E-state index < -0.39 is 0 Å². The molecule has 1 heterocycles. The van der Waals surface area contributed by atoms with E-state index in [-0.39, 0.29) is 17.9 Å². The molecule has 2 unspecified atom stereocenters. The minimum absolute atomic E-state index is 0.0206. The van der Waals surface area contributed by atoms with E-state index in [0.717, 1.165) is 36.9 Å². The molecule has 0 bridgehead atoms. The number of thiazole rings is 1. The monoisotopic (exact) mass is 329 g/mol. The van der Waals surface area contributed by atoms with Crippen molar-refractivity contribution < 1.29 is 4.79 Å². The number of aryl methyl sites for hydroxylation is 2. The van der Waals surface area contributed by atoms with Crippen LogP contribution in [0.25, 0.3) is 11.3 Å². The smallest absolute Gasteiger partial charge is 0.229 e. The van der Waals surface area contributed by atoms with E-state index in [0.29, 0.717) is 5.13 Å². The van der Waals surface area contributed by atoms with Crippen LogP contribution in [-0.4, -0.2) is 16.9 Å². The largest absolute Gasteiger partial charge is 0.328 e. The van der Waals surface area contributed by atoms with Gasteiger partial charge in [0.2, 0.25) is 5.91 Å². The highest BCUT2D eigenvalue weighted by Gasteiger charge is 2.25. The van der Waals surface area contributed by atoms with Crippen molar-refractivity contribution in [2.24, 2.45) is 11.7 Å². The molecule has 1 aliphatic rings. The standard InChI is InChI=1S/C18H23N3OS/c1-11-6-7-15(12(2)8-11)16-10-23-18(20-16)21-17(22)13-4-3-5-14(19)9-13/h6-8,10,13-14H,3-5,9,19H2,1-2H3,(H,20,21,22). The number of benzene rings is 1. The maximum Gasteiger partial charge on any atom is 0.229 e. The molecule has 122 valence electrons. The van der Waals surface area contributed by atoms with Gasteiger partial charge in [0, 0.05) is 22.9 Å². The van der Waals surface area contributed by atoms with Gasteiger partial charge in [0.05, 0.1) is 5.69 Å². The van der Waals surface area contributed by atoms with Gasteiger partial charge in [0.25, 0.3) is 0 Å². The van der Waals surface area contributed by atoms with Crippen LogP contribution in [-0.2, 0) is 4.79 Å². The van der Waals surface area contributed by atoms with Crippen LogP contribution < -0.4 is 11.1 Å². The number of aromatic nitrogens is 1. The zero-order valence-corrected chi connectivity index (χ0v) is 14.5. The number of amides is 1. The molecular formula is C18H23N3OS. The Labute approximate surface area is 141 Å². The van der Waals surface area contributed by atoms with Crippen LogP contribution in [0, 0.1) is 19.8 Å². The average Bonchev–Trinajstić information content (AvgIpc) is 2.95. The molecule has 3 rings (SSSR count). The van der Waals surface area contributed by atoms with Gasteiger partial charge in [-0.05, 0) is 38.7 Å². The van der Waals surface area contributed by atoms with Crippen LogP contribution in [0.4, 0.5) is 5.13 Å². The quantitative estimate of drug-likeness (QED) is 0.898. The van der Waals surface area contributed by atoms with Crippen molar-refractivity contribution in [3.05, 3.63) is 34.7 Å². The molecule has 0 radical (unpaired) electrons. The van der Waals surface area contributed by atoms with Gasteiger partial charge in [-0.3, -0.25) is 4.79 Å². The number of anilines is 1. The molecule has 1 aliphatic carbocycles. The Morgan fingerprint density at radius 3 is 2.91 bits per heavy atom. The molecule has 3 N–H and O–H groups in total. The van der Waals surface area contributed by atoms with E-state index in [1.54, 1.807) is 0 Å². The lowest BCUT2D eigenvalue weighted by molar-refractivity contribution is -0.120. The second-order valence-electron chi connectivity index (χ2n) is 6.47. The maximum absolute atomic E-state index is 12.4. The lowest BCUT2D eigenvalue weighted by Gasteiger charge is -2.25. The number of hydrogen-bond donors (Lipinski definition) is 2. The first-order valence-electron chi connectivity index (χ1n) is 8.12. The van der Waals surface area contributed by atoms with E-state index in [9.17, 15) is 4.79 Å². The van der Waals surface area contributed by atoms with Crippen molar-refractivity contribution in [1.82, 2.24) is 4.98 Å². The van der Waals surface area contributed by atoms with Gasteiger partial charge in [-0.25, -0.2) is 4.98 Å². The van der Waals surface area contributed by atoms with E-state index in [1.807, 2.05) is 5.38 Å². The van der Waals surface area contributed by atoms with Crippen molar-refractivity contribution >= 4 is 22.4 Å². The Kier molecular flexibility index (Phi) is 4.78. The number of rotatable bonds is 3. The van der Waals surface area contributed by atoms with E-state index >= 15 is 0 Å². The Hall–Kier alpha value is -1.72. The van der Waals surface area contributed by atoms with E-state index in [1.165, 1.54) is 22.5 Å². The zero-order valence-electron chi connectivity index (χ0n) is 13.6. The predicted octanol–water partition coefficient (Wildman–Crippen LogP) is 3.88. The first-order chi connectivity index (χ1) is 11.0. The van der Waals surface area contributed by atoms with Gasteiger partial charge in [-0.15, -0.1) is 11.3 Å². The maximum atomic E-state index is 12.4. The summed E-state index contributed by atoms with van der Waals surface area (Å²) >= 11 is 1.48. The van der Waals surface area contributed by atoms with Gasteiger partial charge in [0.15, 0.2) is 5.13 Å². The molecule has 1 saturated carbocycles. The fourth-order valence-electron chi connectivity index (χ4n) is 3.23. The predicted molar refractivity (Wildman–Crippen MR) is 95.6 cm³/mol. The first-order valence-corrected chi connectivity index (χ1v) is 9.00. The minimum atomic E-state index is 0.0206. The molecule has 1 fully saturated rings. The number of nitrogens with zero attached hydrogens (tertiary/aromatic N) is 1. The highest BCUT2D eigenvalue weighted by atomic mass is 32.1. The molecule has 23 heavy (non-hydrogen) atoms. The van der Waals surface area contributed by atoms with Crippen molar-refractivity contribution in [2.45, 2.75) is 45.6 Å². The van der Waals surface area contributed by atoms with Gasteiger partial charge in [-0.1, -0.05) is 30.2 Å². The first kappa shape index (κ1) is 16.1. The third kappa shape index (κ3) is 3.79. The number of hydrogen-bond acceptors (Lipinski definition) is 4. The molecule has 5 heteroatoms. The van der Waals surface area contributed by atoms with Gasteiger partial charge < -0.3 is 11.1 Å². The normalized spacial score (nSPS) is 21.2. The highest BCUT2D eigenvalue weighted by Crippen LogP contribution is 2.29. The molecule has 2 aromatic rings. The highest BCUT2D eigenvalue weighted by molar-refractivity contribution is 7.14. The van der Waals surface area contributed by atoms with Crippen LogP contribution >= 0.6 is 11.3 Å². The Morgan fingerprint density at radius 2 is 2.17 bits per heavy atom.